The molecule has 0 bridgehead atoms. The number of pyridine rings is 1. The molecule has 0 radical (unpaired) electrons. The van der Waals surface area contributed by atoms with Gasteiger partial charge in [0.05, 0.1) is 5.75 Å². The van der Waals surface area contributed by atoms with E-state index in [1.165, 1.54) is 13.1 Å². The van der Waals surface area contributed by atoms with Gasteiger partial charge in [0, 0.05) is 36.7 Å². The van der Waals surface area contributed by atoms with Crippen molar-refractivity contribution in [2.75, 3.05) is 28.2 Å². The third kappa shape index (κ3) is 6.78. The van der Waals surface area contributed by atoms with Crippen molar-refractivity contribution in [3.63, 3.8) is 0 Å². The summed E-state index contributed by atoms with van der Waals surface area (Å²) in [6.07, 6.45) is -2.62. The van der Waals surface area contributed by atoms with Crippen molar-refractivity contribution in [3.8, 4) is 0 Å². The van der Waals surface area contributed by atoms with E-state index in [0.717, 1.165) is 5.56 Å². The summed E-state index contributed by atoms with van der Waals surface area (Å²) in [5.41, 5.74) is 0.937. The minimum atomic E-state index is -4.70. The van der Waals surface area contributed by atoms with Crippen LogP contribution in [-0.2, 0) is 29.3 Å². The lowest BCUT2D eigenvalue weighted by Gasteiger charge is -2.16. The summed E-state index contributed by atoms with van der Waals surface area (Å²) in [6.45, 7) is 1.98. The lowest BCUT2D eigenvalue weighted by molar-refractivity contribution is -0.137. The van der Waals surface area contributed by atoms with Gasteiger partial charge in [-0.05, 0) is 37.7 Å². The van der Waals surface area contributed by atoms with E-state index >= 15 is 0 Å². The van der Waals surface area contributed by atoms with Gasteiger partial charge in [-0.1, -0.05) is 18.2 Å². The second-order valence-electron chi connectivity index (χ2n) is 7.18. The summed E-state index contributed by atoms with van der Waals surface area (Å²) >= 11 is 0. The Morgan fingerprint density at radius 1 is 1.00 bits per heavy atom. The van der Waals surface area contributed by atoms with Crippen LogP contribution in [0.5, 0.6) is 0 Å². The smallest absolute Gasteiger partial charge is 0.365 e. The molecule has 0 amide bonds. The van der Waals surface area contributed by atoms with E-state index in [9.17, 15) is 21.6 Å². The monoisotopic (exact) mass is 495 g/mol. The molecule has 9 nitrogen and oxygen atoms in total. The van der Waals surface area contributed by atoms with Crippen LogP contribution >= 0.6 is 0 Å². The third-order valence-corrected chi connectivity index (χ3v) is 5.92. The fourth-order valence-corrected chi connectivity index (χ4v) is 3.52. The van der Waals surface area contributed by atoms with Crippen molar-refractivity contribution in [2.24, 2.45) is 0 Å². The zero-order valence-electron chi connectivity index (χ0n) is 18.4. The molecule has 0 atom stereocenters. The zero-order valence-corrected chi connectivity index (χ0v) is 19.3. The quantitative estimate of drug-likeness (QED) is 0.336. The van der Waals surface area contributed by atoms with Gasteiger partial charge in [0.1, 0.15) is 17.2 Å². The number of halogens is 3. The average Bonchev–Trinajstić information content (AvgIpc) is 2.79. The van der Waals surface area contributed by atoms with Crippen LogP contribution in [0.1, 0.15) is 23.6 Å². The minimum absolute atomic E-state index is 0.0273. The molecule has 0 aliphatic carbocycles. The number of hydrogen-bond donors (Lipinski definition) is 4. The second-order valence-corrected chi connectivity index (χ2v) is 9.19. The maximum Gasteiger partial charge on any atom is 0.421 e. The summed E-state index contributed by atoms with van der Waals surface area (Å²) in [6, 6.07) is 10.4. The number of nitrogens with zero attached hydrogens (tertiary/aromatic N) is 3. The molecule has 13 heteroatoms. The van der Waals surface area contributed by atoms with Gasteiger partial charge in [-0.25, -0.2) is 18.4 Å². The summed E-state index contributed by atoms with van der Waals surface area (Å²) in [4.78, 5) is 11.8. The molecule has 3 rings (SSSR count). The molecule has 0 unspecified atom stereocenters. The van der Waals surface area contributed by atoms with Gasteiger partial charge in [0.15, 0.2) is 0 Å². The first-order valence-corrected chi connectivity index (χ1v) is 11.9. The van der Waals surface area contributed by atoms with Gasteiger partial charge in [-0.2, -0.15) is 18.2 Å². The van der Waals surface area contributed by atoms with Crippen molar-refractivity contribution >= 4 is 33.3 Å². The average molecular weight is 496 g/mol. The Hall–Kier alpha value is -3.45. The molecule has 0 aliphatic heterocycles. The maximum atomic E-state index is 13.5. The van der Waals surface area contributed by atoms with Crippen molar-refractivity contribution in [1.29, 1.82) is 0 Å². The van der Waals surface area contributed by atoms with E-state index < -0.39 is 27.6 Å². The Morgan fingerprint density at radius 2 is 1.74 bits per heavy atom. The molecule has 34 heavy (non-hydrogen) atoms. The molecule has 2 heterocycles. The van der Waals surface area contributed by atoms with E-state index in [4.69, 9.17) is 0 Å². The summed E-state index contributed by atoms with van der Waals surface area (Å²) in [5, 5.41) is 8.55. The molecule has 0 fully saturated rings. The molecule has 2 aromatic heterocycles. The lowest BCUT2D eigenvalue weighted by atomic mass is 10.2. The molecule has 0 spiro atoms. The van der Waals surface area contributed by atoms with E-state index in [0.29, 0.717) is 24.0 Å². The molecule has 182 valence electrons. The van der Waals surface area contributed by atoms with Gasteiger partial charge in [0.25, 0.3) is 0 Å². The van der Waals surface area contributed by atoms with Crippen LogP contribution in [0.3, 0.4) is 0 Å². The van der Waals surface area contributed by atoms with Gasteiger partial charge in [-0.15, -0.1) is 0 Å². The second kappa shape index (κ2) is 10.7. The molecule has 0 saturated carbocycles. The largest absolute Gasteiger partial charge is 0.421 e. The first kappa shape index (κ1) is 25.2. The maximum absolute atomic E-state index is 13.5. The molecular weight excluding hydrogens is 471 g/mol. The van der Waals surface area contributed by atoms with E-state index in [-0.39, 0.29) is 24.1 Å². The highest BCUT2D eigenvalue weighted by Gasteiger charge is 2.35. The number of benzene rings is 1. The Bertz CT molecular complexity index is 1220. The summed E-state index contributed by atoms with van der Waals surface area (Å²) < 4.78 is 66.8. The van der Waals surface area contributed by atoms with E-state index in [2.05, 4.69) is 35.6 Å². The van der Waals surface area contributed by atoms with Crippen molar-refractivity contribution < 1.29 is 21.6 Å². The number of sulfonamides is 1. The van der Waals surface area contributed by atoms with Crippen molar-refractivity contribution in [3.05, 3.63) is 65.5 Å². The predicted octanol–water partition coefficient (Wildman–Crippen LogP) is 3.73. The standard InChI is InChI=1S/C21H24F3N7O2S/c1-3-34(32,33)31-18-15(5-4-10-26-18)12-27-19-17(21(22,23)24)13-28-20(30-19)29-16-8-6-14(7-9-16)11-25-2/h4-10,13,25H,3,11-12H2,1-2H3,(H,26,31)(H2,27,28,29,30). The molecule has 4 N–H and O–H groups in total. The van der Waals surface area contributed by atoms with Crippen molar-refractivity contribution in [1.82, 2.24) is 20.3 Å². The fraction of sp³-hybridized carbons (Fsp3) is 0.286. The fourth-order valence-electron chi connectivity index (χ4n) is 2.89. The molecule has 0 aliphatic rings. The van der Waals surface area contributed by atoms with E-state index in [1.807, 2.05) is 19.2 Å². The van der Waals surface area contributed by atoms with Crippen LogP contribution < -0.4 is 20.7 Å². The number of hydrogen-bond acceptors (Lipinski definition) is 8. The predicted molar refractivity (Wildman–Crippen MR) is 124 cm³/mol. The molecular formula is C21H24F3N7O2S. The first-order chi connectivity index (χ1) is 16.1. The topological polar surface area (TPSA) is 121 Å². The van der Waals surface area contributed by atoms with Crippen LogP contribution in [0.25, 0.3) is 0 Å². The Labute approximate surface area is 195 Å². The van der Waals surface area contributed by atoms with Gasteiger partial charge in [0.2, 0.25) is 16.0 Å². The number of nitrogens with one attached hydrogen (secondary N) is 4. The number of rotatable bonds is 10. The summed E-state index contributed by atoms with van der Waals surface area (Å²) in [7, 11) is -1.79. The van der Waals surface area contributed by atoms with E-state index in [1.54, 1.807) is 24.3 Å². The molecule has 1 aromatic carbocycles. The summed E-state index contributed by atoms with van der Waals surface area (Å²) in [5.74, 6) is -0.634. The highest BCUT2D eigenvalue weighted by molar-refractivity contribution is 7.92. The third-order valence-electron chi connectivity index (χ3n) is 4.65. The SMILES string of the molecule is CCS(=O)(=O)Nc1ncccc1CNc1nc(Nc2ccc(CNC)cc2)ncc1C(F)(F)F. The number of aromatic nitrogens is 3. The van der Waals surface area contributed by atoms with Crippen LogP contribution in [-0.4, -0.2) is 36.2 Å². The lowest BCUT2D eigenvalue weighted by Crippen LogP contribution is -2.18. The van der Waals surface area contributed by atoms with Gasteiger partial charge >= 0.3 is 6.18 Å². The first-order valence-electron chi connectivity index (χ1n) is 10.2. The normalized spacial score (nSPS) is 11.8. The minimum Gasteiger partial charge on any atom is -0.365 e. The van der Waals surface area contributed by atoms with Gasteiger partial charge in [-0.3, -0.25) is 4.72 Å². The van der Waals surface area contributed by atoms with Crippen molar-refractivity contribution in [2.45, 2.75) is 26.2 Å². The molecule has 3 aromatic rings. The van der Waals surface area contributed by atoms with Crippen LogP contribution in [0.15, 0.2) is 48.8 Å². The highest BCUT2D eigenvalue weighted by Crippen LogP contribution is 2.34. The molecule has 0 saturated heterocycles. The van der Waals surface area contributed by atoms with Crippen LogP contribution in [0.2, 0.25) is 0 Å². The number of anilines is 4. The highest BCUT2D eigenvalue weighted by atomic mass is 32.2. The Balaban J connectivity index is 1.84. The zero-order chi connectivity index (χ0) is 24.8. The van der Waals surface area contributed by atoms with Crippen LogP contribution in [0.4, 0.5) is 36.4 Å². The number of alkyl halides is 3. The Kier molecular flexibility index (Phi) is 7.89. The van der Waals surface area contributed by atoms with Crippen LogP contribution in [0, 0.1) is 0 Å². The Morgan fingerprint density at radius 3 is 2.38 bits per heavy atom. The van der Waals surface area contributed by atoms with Gasteiger partial charge < -0.3 is 16.0 Å².